The number of fused-ring (bicyclic) bond motifs is 1. The molecule has 2 aromatic carbocycles. The smallest absolute Gasteiger partial charge is 0.323 e. The van der Waals surface area contributed by atoms with Gasteiger partial charge in [-0.1, -0.05) is 30.3 Å². The number of amides is 1. The van der Waals surface area contributed by atoms with Crippen molar-refractivity contribution in [3.8, 4) is 17.0 Å². The topological polar surface area (TPSA) is 79.7 Å². The number of ether oxygens (including phenoxy) is 1. The van der Waals surface area contributed by atoms with Crippen molar-refractivity contribution in [2.45, 2.75) is 6.42 Å². The molecule has 0 radical (unpaired) electrons. The van der Waals surface area contributed by atoms with Gasteiger partial charge in [0.05, 0.1) is 16.4 Å². The highest BCUT2D eigenvalue weighted by molar-refractivity contribution is 7.10. The number of anilines is 1. The van der Waals surface area contributed by atoms with Crippen LogP contribution in [0.5, 0.6) is 5.75 Å². The van der Waals surface area contributed by atoms with Crippen LogP contribution in [0.25, 0.3) is 11.3 Å². The Kier molecular flexibility index (Phi) is 4.60. The third-order valence-electron chi connectivity index (χ3n) is 4.24. The molecule has 2 heterocycles. The lowest BCUT2D eigenvalue weighted by Gasteiger charge is -2.28. The molecule has 1 aliphatic rings. The molecule has 3 aromatic rings. The summed E-state index contributed by atoms with van der Waals surface area (Å²) in [5.41, 5.74) is 3.26. The molecule has 6 nitrogen and oxygen atoms in total. The molecule has 0 saturated carbocycles. The normalized spacial score (nSPS) is 13.2. The number of hydrogen-bond acceptors (Lipinski definition) is 5. The van der Waals surface area contributed by atoms with Crippen molar-refractivity contribution < 1.29 is 19.4 Å². The summed E-state index contributed by atoms with van der Waals surface area (Å²) in [5, 5.41) is 12.0. The van der Waals surface area contributed by atoms with Crippen LogP contribution >= 0.6 is 11.3 Å². The number of thiazole rings is 1. The van der Waals surface area contributed by atoms with Crippen LogP contribution in [0, 0.1) is 0 Å². The minimum Gasteiger partial charge on any atom is -0.482 e. The first-order valence-electron chi connectivity index (χ1n) is 8.38. The van der Waals surface area contributed by atoms with Gasteiger partial charge in [-0.25, -0.2) is 4.98 Å². The van der Waals surface area contributed by atoms with E-state index in [4.69, 9.17) is 9.84 Å². The minimum atomic E-state index is -1.07. The maximum Gasteiger partial charge on any atom is 0.323 e. The Morgan fingerprint density at radius 2 is 2.04 bits per heavy atom. The van der Waals surface area contributed by atoms with Crippen molar-refractivity contribution in [1.82, 2.24) is 4.98 Å². The molecule has 0 unspecified atom stereocenters. The Balaban J connectivity index is 1.63. The Bertz CT molecular complexity index is 1000. The molecule has 0 fully saturated rings. The number of aromatic nitrogens is 1. The van der Waals surface area contributed by atoms with E-state index in [2.05, 4.69) is 17.1 Å². The fraction of sp³-hybridized carbons (Fsp3) is 0.150. The third-order valence-corrected chi connectivity index (χ3v) is 5.09. The fourth-order valence-corrected chi connectivity index (χ4v) is 3.80. The van der Waals surface area contributed by atoms with Gasteiger partial charge >= 0.3 is 5.97 Å². The SMILES string of the molecule is O=C(O)CN1C(=O)COc2ccc(-c3csc(Cc4ccccc4)n3)cc21. The molecule has 0 aliphatic carbocycles. The molecule has 0 atom stereocenters. The second-order valence-corrected chi connectivity index (χ2v) is 7.08. The van der Waals surface area contributed by atoms with Gasteiger partial charge in [0.1, 0.15) is 12.3 Å². The number of carbonyl (C=O) groups is 2. The molecule has 0 spiro atoms. The summed E-state index contributed by atoms with van der Waals surface area (Å²) >= 11 is 1.57. The monoisotopic (exact) mass is 380 g/mol. The standard InChI is InChI=1S/C20H16N2O4S/c23-19-11-26-17-7-6-14(9-16(17)22(19)10-20(24)25)15-12-27-18(21-15)8-13-4-2-1-3-5-13/h1-7,9,12H,8,10-11H2,(H,24,25). The Labute approximate surface area is 159 Å². The third kappa shape index (κ3) is 3.68. The summed E-state index contributed by atoms with van der Waals surface area (Å²) in [6.45, 7) is -0.549. The maximum atomic E-state index is 12.1. The molecule has 7 heteroatoms. The molecular formula is C20H16N2O4S. The van der Waals surface area contributed by atoms with Crippen molar-refractivity contribution in [2.75, 3.05) is 18.1 Å². The van der Waals surface area contributed by atoms with Gasteiger partial charge in [0, 0.05) is 17.4 Å². The molecule has 136 valence electrons. The van der Waals surface area contributed by atoms with Crippen molar-refractivity contribution in [1.29, 1.82) is 0 Å². The molecule has 27 heavy (non-hydrogen) atoms. The fourth-order valence-electron chi connectivity index (χ4n) is 2.97. The first kappa shape index (κ1) is 17.2. The van der Waals surface area contributed by atoms with Crippen molar-refractivity contribution in [3.63, 3.8) is 0 Å². The second kappa shape index (κ2) is 7.20. The average Bonchev–Trinajstić information content (AvgIpc) is 3.13. The highest BCUT2D eigenvalue weighted by Crippen LogP contribution is 2.36. The van der Waals surface area contributed by atoms with E-state index in [1.165, 1.54) is 10.5 Å². The van der Waals surface area contributed by atoms with E-state index in [1.54, 1.807) is 23.5 Å². The van der Waals surface area contributed by atoms with Gasteiger partial charge in [-0.3, -0.25) is 14.5 Å². The summed E-state index contributed by atoms with van der Waals surface area (Å²) in [4.78, 5) is 29.1. The minimum absolute atomic E-state index is 0.155. The Morgan fingerprint density at radius 1 is 1.22 bits per heavy atom. The summed E-state index contributed by atoms with van der Waals surface area (Å²) in [5.74, 6) is -0.940. The lowest BCUT2D eigenvalue weighted by atomic mass is 10.1. The molecule has 1 aromatic heterocycles. The molecular weight excluding hydrogens is 364 g/mol. The molecule has 1 N–H and O–H groups in total. The van der Waals surface area contributed by atoms with Gasteiger partial charge in [0.15, 0.2) is 6.61 Å². The van der Waals surface area contributed by atoms with Crippen LogP contribution in [0.15, 0.2) is 53.9 Å². The summed E-state index contributed by atoms with van der Waals surface area (Å²) in [6.07, 6.45) is 0.753. The number of carbonyl (C=O) groups excluding carboxylic acids is 1. The second-order valence-electron chi connectivity index (χ2n) is 6.13. The van der Waals surface area contributed by atoms with E-state index in [0.717, 1.165) is 22.7 Å². The largest absolute Gasteiger partial charge is 0.482 e. The van der Waals surface area contributed by atoms with Crippen molar-refractivity contribution >= 4 is 28.9 Å². The predicted molar refractivity (Wildman–Crippen MR) is 102 cm³/mol. The van der Waals surface area contributed by atoms with Crippen LogP contribution in [0.2, 0.25) is 0 Å². The van der Waals surface area contributed by atoms with Gasteiger partial charge in [0.25, 0.3) is 5.91 Å². The summed E-state index contributed by atoms with van der Waals surface area (Å²) in [6, 6.07) is 15.5. The van der Waals surface area contributed by atoms with E-state index in [-0.39, 0.29) is 12.5 Å². The van der Waals surface area contributed by atoms with Crippen LogP contribution in [-0.2, 0) is 16.0 Å². The highest BCUT2D eigenvalue weighted by atomic mass is 32.1. The molecule has 1 amide bonds. The quantitative estimate of drug-likeness (QED) is 0.735. The lowest BCUT2D eigenvalue weighted by Crippen LogP contribution is -2.41. The Morgan fingerprint density at radius 3 is 2.81 bits per heavy atom. The molecule has 4 rings (SSSR count). The van der Waals surface area contributed by atoms with Crippen LogP contribution in [-0.4, -0.2) is 35.1 Å². The van der Waals surface area contributed by atoms with Crippen molar-refractivity contribution in [2.24, 2.45) is 0 Å². The lowest BCUT2D eigenvalue weighted by molar-refractivity contribution is -0.137. The maximum absolute atomic E-state index is 12.1. The average molecular weight is 380 g/mol. The molecule has 0 bridgehead atoms. The molecule has 0 saturated heterocycles. The number of carboxylic acid groups (broad SMARTS) is 1. The predicted octanol–water partition coefficient (Wildman–Crippen LogP) is 3.21. The summed E-state index contributed by atoms with van der Waals surface area (Å²) in [7, 11) is 0. The molecule has 1 aliphatic heterocycles. The number of aliphatic carboxylic acids is 1. The number of nitrogens with zero attached hydrogens (tertiary/aromatic N) is 2. The number of carboxylic acids is 1. The van der Waals surface area contributed by atoms with Crippen LogP contribution in [0.4, 0.5) is 5.69 Å². The van der Waals surface area contributed by atoms with Gasteiger partial charge in [-0.2, -0.15) is 0 Å². The van der Waals surface area contributed by atoms with E-state index in [0.29, 0.717) is 11.4 Å². The van der Waals surface area contributed by atoms with Gasteiger partial charge in [-0.05, 0) is 23.8 Å². The van der Waals surface area contributed by atoms with E-state index in [9.17, 15) is 9.59 Å². The zero-order chi connectivity index (χ0) is 18.8. The zero-order valence-electron chi connectivity index (χ0n) is 14.3. The Hall–Kier alpha value is -3.19. The van der Waals surface area contributed by atoms with Crippen LogP contribution < -0.4 is 9.64 Å². The zero-order valence-corrected chi connectivity index (χ0v) is 15.1. The van der Waals surface area contributed by atoms with Gasteiger partial charge in [0.2, 0.25) is 0 Å². The highest BCUT2D eigenvalue weighted by Gasteiger charge is 2.27. The number of benzene rings is 2. The summed E-state index contributed by atoms with van der Waals surface area (Å²) < 4.78 is 5.42. The first-order valence-corrected chi connectivity index (χ1v) is 9.26. The van der Waals surface area contributed by atoms with Crippen LogP contribution in [0.3, 0.4) is 0 Å². The number of rotatable bonds is 5. The number of hydrogen-bond donors (Lipinski definition) is 1. The van der Waals surface area contributed by atoms with Crippen LogP contribution in [0.1, 0.15) is 10.6 Å². The van der Waals surface area contributed by atoms with E-state index < -0.39 is 12.5 Å². The first-order chi connectivity index (χ1) is 13.1. The van der Waals surface area contributed by atoms with E-state index in [1.807, 2.05) is 29.6 Å². The van der Waals surface area contributed by atoms with Gasteiger partial charge in [-0.15, -0.1) is 11.3 Å². The van der Waals surface area contributed by atoms with E-state index >= 15 is 0 Å². The van der Waals surface area contributed by atoms with Gasteiger partial charge < -0.3 is 9.84 Å². The van der Waals surface area contributed by atoms with Crippen molar-refractivity contribution in [3.05, 3.63) is 64.5 Å².